The number of nitrogens with zero attached hydrogens (tertiary/aromatic N) is 4. The molecule has 0 aliphatic carbocycles. The molecule has 0 aliphatic rings. The molecule has 0 fully saturated rings. The van der Waals surface area contributed by atoms with Crippen molar-refractivity contribution in [2.75, 3.05) is 0 Å². The van der Waals surface area contributed by atoms with Gasteiger partial charge in [0.15, 0.2) is 5.78 Å². The Morgan fingerprint density at radius 1 is 0.966 bits per heavy atom. The zero-order valence-corrected chi connectivity index (χ0v) is 15.0. The van der Waals surface area contributed by atoms with Crippen molar-refractivity contribution in [2.45, 2.75) is 0 Å². The maximum Gasteiger partial charge on any atom is 0.312 e. The summed E-state index contributed by atoms with van der Waals surface area (Å²) in [7, 11) is 0. The summed E-state index contributed by atoms with van der Waals surface area (Å²) in [6.07, 6.45) is 3.21. The molecule has 0 aliphatic heterocycles. The number of rotatable bonds is 6. The van der Waals surface area contributed by atoms with E-state index in [4.69, 9.17) is 4.74 Å². The minimum Gasteiger partial charge on any atom is -0.450 e. The smallest absolute Gasteiger partial charge is 0.312 e. The second kappa shape index (κ2) is 7.73. The van der Waals surface area contributed by atoms with Gasteiger partial charge in [0.1, 0.15) is 5.75 Å². The average Bonchev–Trinajstić information content (AvgIpc) is 3.29. The molecule has 0 bridgehead atoms. The summed E-state index contributed by atoms with van der Waals surface area (Å²) >= 11 is 0. The van der Waals surface area contributed by atoms with E-state index in [9.17, 15) is 14.9 Å². The Labute approximate surface area is 165 Å². The molecule has 0 unspecified atom stereocenters. The van der Waals surface area contributed by atoms with Crippen LogP contribution in [0.2, 0.25) is 0 Å². The lowest BCUT2D eigenvalue weighted by Gasteiger charge is -2.09. The van der Waals surface area contributed by atoms with Crippen molar-refractivity contribution < 1.29 is 14.5 Å². The molecular formula is C21H14N4O4. The molecule has 142 valence electrons. The summed E-state index contributed by atoms with van der Waals surface area (Å²) in [6.45, 7) is 0. The summed E-state index contributed by atoms with van der Waals surface area (Å²) in [5.41, 5.74) is 1.07. The predicted octanol–water partition coefficient (Wildman–Crippen LogP) is 4.20. The van der Waals surface area contributed by atoms with Crippen LogP contribution in [0.3, 0.4) is 0 Å². The third kappa shape index (κ3) is 3.86. The number of hydrogen-bond acceptors (Lipinski definition) is 6. The number of carbonyl (C=O) groups excluding carboxylic acids is 1. The lowest BCUT2D eigenvalue weighted by molar-refractivity contribution is -0.385. The molecule has 0 saturated carbocycles. The summed E-state index contributed by atoms with van der Waals surface area (Å²) in [4.78, 5) is 23.6. The lowest BCUT2D eigenvalue weighted by Crippen LogP contribution is -2.03. The normalized spacial score (nSPS) is 10.5. The van der Waals surface area contributed by atoms with Crippen LogP contribution >= 0.6 is 0 Å². The monoisotopic (exact) mass is 386 g/mol. The van der Waals surface area contributed by atoms with Crippen molar-refractivity contribution in [1.82, 2.24) is 15.0 Å². The van der Waals surface area contributed by atoms with Crippen LogP contribution in [0.5, 0.6) is 11.5 Å². The molecule has 3 aromatic carbocycles. The molecule has 0 amide bonds. The number of hydrogen-bond donors (Lipinski definition) is 0. The van der Waals surface area contributed by atoms with Gasteiger partial charge in [-0.3, -0.25) is 14.9 Å². The Morgan fingerprint density at radius 3 is 2.52 bits per heavy atom. The molecule has 29 heavy (non-hydrogen) atoms. The molecule has 0 N–H and O–H groups in total. The van der Waals surface area contributed by atoms with Crippen LogP contribution in [-0.2, 0) is 0 Å². The van der Waals surface area contributed by atoms with Gasteiger partial charge in [-0.1, -0.05) is 41.6 Å². The van der Waals surface area contributed by atoms with Gasteiger partial charge in [-0.05, 0) is 24.3 Å². The largest absolute Gasteiger partial charge is 0.450 e. The summed E-state index contributed by atoms with van der Waals surface area (Å²) < 4.78 is 7.28. The molecule has 0 atom stereocenters. The highest BCUT2D eigenvalue weighted by atomic mass is 16.6. The van der Waals surface area contributed by atoms with E-state index >= 15 is 0 Å². The SMILES string of the molecule is O=C(c1ccccc1)c1ccc(Oc2cccc(-n3ccnn3)c2)c([N+](=O)[O-])c1. The van der Waals surface area contributed by atoms with E-state index in [1.54, 1.807) is 71.7 Å². The third-order valence-electron chi connectivity index (χ3n) is 4.19. The lowest BCUT2D eigenvalue weighted by atomic mass is 10.0. The summed E-state index contributed by atoms with van der Waals surface area (Å²) in [6, 6.07) is 19.7. The Bertz CT molecular complexity index is 1170. The zero-order valence-electron chi connectivity index (χ0n) is 15.0. The van der Waals surface area contributed by atoms with Gasteiger partial charge in [0, 0.05) is 23.3 Å². The standard InChI is InChI=1S/C21H14N4O4/c26-21(15-5-2-1-3-6-15)16-9-10-20(19(13-16)25(27)28)29-18-8-4-7-17(14-18)24-12-11-22-23-24/h1-14H. The number of ketones is 1. The summed E-state index contributed by atoms with van der Waals surface area (Å²) in [5, 5.41) is 19.2. The highest BCUT2D eigenvalue weighted by molar-refractivity contribution is 6.09. The van der Waals surface area contributed by atoms with Gasteiger partial charge in [0.25, 0.3) is 0 Å². The van der Waals surface area contributed by atoms with Crippen LogP contribution in [-0.4, -0.2) is 25.7 Å². The molecular weight excluding hydrogens is 372 g/mol. The molecule has 0 saturated heterocycles. The van der Waals surface area contributed by atoms with E-state index in [0.717, 1.165) is 0 Å². The summed E-state index contributed by atoms with van der Waals surface area (Å²) in [5.74, 6) is 0.131. The van der Waals surface area contributed by atoms with Crippen LogP contribution in [0.1, 0.15) is 15.9 Å². The van der Waals surface area contributed by atoms with E-state index in [1.165, 1.54) is 18.2 Å². The second-order valence-corrected chi connectivity index (χ2v) is 6.08. The van der Waals surface area contributed by atoms with Crippen LogP contribution in [0.4, 0.5) is 5.69 Å². The first-order chi connectivity index (χ1) is 14.1. The van der Waals surface area contributed by atoms with Crippen LogP contribution < -0.4 is 4.74 Å². The Hall–Kier alpha value is -4.33. The topological polar surface area (TPSA) is 100 Å². The highest BCUT2D eigenvalue weighted by Gasteiger charge is 2.20. The van der Waals surface area contributed by atoms with Crippen molar-refractivity contribution >= 4 is 11.5 Å². The van der Waals surface area contributed by atoms with Gasteiger partial charge < -0.3 is 4.74 Å². The molecule has 1 aromatic heterocycles. The second-order valence-electron chi connectivity index (χ2n) is 6.08. The van der Waals surface area contributed by atoms with E-state index in [-0.39, 0.29) is 22.8 Å². The van der Waals surface area contributed by atoms with E-state index in [0.29, 0.717) is 17.0 Å². The average molecular weight is 386 g/mol. The van der Waals surface area contributed by atoms with Crippen molar-refractivity contribution in [1.29, 1.82) is 0 Å². The van der Waals surface area contributed by atoms with Crippen molar-refractivity contribution in [3.8, 4) is 17.2 Å². The third-order valence-corrected chi connectivity index (χ3v) is 4.19. The fourth-order valence-corrected chi connectivity index (χ4v) is 2.81. The van der Waals surface area contributed by atoms with Gasteiger partial charge in [-0.15, -0.1) is 5.10 Å². The van der Waals surface area contributed by atoms with Gasteiger partial charge >= 0.3 is 5.69 Å². The first-order valence-corrected chi connectivity index (χ1v) is 8.64. The van der Waals surface area contributed by atoms with Gasteiger partial charge in [0.05, 0.1) is 23.0 Å². The van der Waals surface area contributed by atoms with E-state index in [2.05, 4.69) is 10.3 Å². The molecule has 4 aromatic rings. The minimum atomic E-state index is -0.571. The molecule has 0 spiro atoms. The van der Waals surface area contributed by atoms with Crippen molar-refractivity contribution in [2.24, 2.45) is 0 Å². The number of nitro groups is 1. The Balaban J connectivity index is 1.65. The van der Waals surface area contributed by atoms with Crippen LogP contribution in [0, 0.1) is 10.1 Å². The molecule has 1 heterocycles. The van der Waals surface area contributed by atoms with Crippen LogP contribution in [0.15, 0.2) is 85.2 Å². The van der Waals surface area contributed by atoms with E-state index < -0.39 is 4.92 Å². The first-order valence-electron chi connectivity index (χ1n) is 8.64. The Morgan fingerprint density at radius 2 is 1.79 bits per heavy atom. The Kier molecular flexibility index (Phi) is 4.81. The maximum absolute atomic E-state index is 12.6. The van der Waals surface area contributed by atoms with Crippen molar-refractivity contribution in [3.05, 3.63) is 106 Å². The number of aromatic nitrogens is 3. The number of ether oxygens (including phenoxy) is 1. The first kappa shape index (κ1) is 18.1. The minimum absolute atomic E-state index is 0.0374. The number of benzene rings is 3. The molecule has 8 heteroatoms. The fraction of sp³-hybridized carbons (Fsp3) is 0. The van der Waals surface area contributed by atoms with Crippen molar-refractivity contribution in [3.63, 3.8) is 0 Å². The quantitative estimate of drug-likeness (QED) is 0.280. The van der Waals surface area contributed by atoms with E-state index in [1.807, 2.05) is 0 Å². The van der Waals surface area contributed by atoms with Gasteiger partial charge in [-0.2, -0.15) is 0 Å². The van der Waals surface area contributed by atoms with Gasteiger partial charge in [-0.25, -0.2) is 4.68 Å². The zero-order chi connectivity index (χ0) is 20.2. The molecule has 0 radical (unpaired) electrons. The molecule has 4 rings (SSSR count). The maximum atomic E-state index is 12.6. The molecule has 8 nitrogen and oxygen atoms in total. The fourth-order valence-electron chi connectivity index (χ4n) is 2.81. The number of carbonyl (C=O) groups is 1. The van der Waals surface area contributed by atoms with Crippen LogP contribution in [0.25, 0.3) is 5.69 Å². The number of nitro benzene ring substituents is 1. The predicted molar refractivity (Wildman–Crippen MR) is 104 cm³/mol. The van der Waals surface area contributed by atoms with Gasteiger partial charge in [0.2, 0.25) is 5.75 Å². The highest BCUT2D eigenvalue weighted by Crippen LogP contribution is 2.33.